The van der Waals surface area contributed by atoms with Gasteiger partial charge in [-0.3, -0.25) is 0 Å². The molecule has 0 saturated heterocycles. The van der Waals surface area contributed by atoms with Gasteiger partial charge in [0.05, 0.1) is 0 Å². The van der Waals surface area contributed by atoms with E-state index in [2.05, 4.69) is 36.5 Å². The van der Waals surface area contributed by atoms with Gasteiger partial charge in [0.1, 0.15) is 0 Å². The Hall–Kier alpha value is 0.194. The van der Waals surface area contributed by atoms with Gasteiger partial charge in [0.25, 0.3) is 0 Å². The normalized spacial score (nSPS) is 29.0. The molecule has 0 spiro atoms. The maximum atomic E-state index is 2.61. The van der Waals surface area contributed by atoms with E-state index >= 15 is 0 Å². The van der Waals surface area contributed by atoms with Crippen molar-refractivity contribution in [3.8, 4) is 0 Å². The zero-order valence-corrected chi connectivity index (χ0v) is 14.8. The van der Waals surface area contributed by atoms with Gasteiger partial charge in [0, 0.05) is 0 Å². The van der Waals surface area contributed by atoms with E-state index in [1.807, 2.05) is 11.1 Å². The van der Waals surface area contributed by atoms with Crippen molar-refractivity contribution in [1.82, 2.24) is 0 Å². The fourth-order valence-corrected chi connectivity index (χ4v) is 8.03. The van der Waals surface area contributed by atoms with Gasteiger partial charge in [0.2, 0.25) is 0 Å². The van der Waals surface area contributed by atoms with E-state index in [0.717, 1.165) is 10.1 Å². The van der Waals surface area contributed by atoms with Crippen molar-refractivity contribution in [3.05, 3.63) is 22.3 Å². The average molecular weight is 282 g/mol. The molecule has 2 aliphatic rings. The van der Waals surface area contributed by atoms with E-state index in [0.29, 0.717) is 0 Å². The first-order valence-electron chi connectivity index (χ1n) is 7.84. The Balaban J connectivity index is 2.48. The summed E-state index contributed by atoms with van der Waals surface area (Å²) < 4.78 is 0.979. The Kier molecular flexibility index (Phi) is 4.29. The number of allylic oxidation sites excluding steroid dienone is 4. The molecule has 18 heavy (non-hydrogen) atoms. The summed E-state index contributed by atoms with van der Waals surface area (Å²) >= 11 is -1.58. The van der Waals surface area contributed by atoms with Crippen molar-refractivity contribution < 1.29 is 16.6 Å². The topological polar surface area (TPSA) is 0 Å². The Morgan fingerprint density at radius 2 is 1.83 bits per heavy atom. The van der Waals surface area contributed by atoms with E-state index in [-0.39, 0.29) is 0 Å². The van der Waals surface area contributed by atoms with Crippen LogP contribution in [0.5, 0.6) is 0 Å². The summed E-state index contributed by atoms with van der Waals surface area (Å²) in [4.78, 5) is 0. The third-order valence-electron chi connectivity index (χ3n) is 5.19. The molecule has 2 rings (SSSR count). The van der Waals surface area contributed by atoms with Gasteiger partial charge in [-0.15, -0.1) is 0 Å². The predicted molar refractivity (Wildman–Crippen MR) is 79.0 cm³/mol. The molecule has 2 unspecified atom stereocenters. The molecule has 0 bridgehead atoms. The quantitative estimate of drug-likeness (QED) is 0.531. The minimum atomic E-state index is -1.58. The molecule has 102 valence electrons. The Labute approximate surface area is 117 Å². The van der Waals surface area contributed by atoms with Crippen LogP contribution in [0, 0.1) is 5.92 Å². The van der Waals surface area contributed by atoms with Gasteiger partial charge < -0.3 is 0 Å². The van der Waals surface area contributed by atoms with E-state index in [1.165, 1.54) is 32.1 Å². The summed E-state index contributed by atoms with van der Waals surface area (Å²) in [5.41, 5.74) is 7.21. The van der Waals surface area contributed by atoms with Crippen LogP contribution in [0.15, 0.2) is 22.3 Å². The molecule has 0 aromatic carbocycles. The van der Waals surface area contributed by atoms with Crippen LogP contribution in [-0.2, 0) is 16.6 Å². The maximum absolute atomic E-state index is 2.61. The standard InChI is InChI=1S/C14H21.3CH3.Ti/c1-4-11-10(3)13-8-6-7-9-14(13)12(11)5-2;;;;/h8,12H,4-7,9H2,1-3H3;3*1H3;. The molecule has 0 nitrogen and oxygen atoms in total. The van der Waals surface area contributed by atoms with E-state index in [9.17, 15) is 0 Å². The van der Waals surface area contributed by atoms with Gasteiger partial charge in [-0.1, -0.05) is 0 Å². The molecule has 1 heteroatoms. The first-order chi connectivity index (χ1) is 8.41. The monoisotopic (exact) mass is 282 g/mol. The summed E-state index contributed by atoms with van der Waals surface area (Å²) in [6, 6.07) is 0. The average Bonchev–Trinajstić information content (AvgIpc) is 2.60. The SMILES string of the molecule is CCC1=C(C)C2=C(CCC[CH]2[Ti]([CH3])([CH3])[CH3])C1CC. The zero-order chi connectivity index (χ0) is 13.5. The number of rotatable bonds is 3. The summed E-state index contributed by atoms with van der Waals surface area (Å²) in [5, 5.41) is 7.83. The molecule has 0 aromatic heterocycles. The molecular formula is C17H30Ti. The molecule has 0 amide bonds. The van der Waals surface area contributed by atoms with Crippen LogP contribution < -0.4 is 0 Å². The minimum absolute atomic E-state index is 0.817. The molecule has 2 aliphatic carbocycles. The fraction of sp³-hybridized carbons (Fsp3) is 0.765. The summed E-state index contributed by atoms with van der Waals surface area (Å²) in [6.07, 6.45) is 6.91. The second-order valence-electron chi connectivity index (χ2n) is 7.21. The third-order valence-corrected chi connectivity index (χ3v) is 9.36. The fourth-order valence-electron chi connectivity index (χ4n) is 4.38. The Morgan fingerprint density at radius 1 is 1.17 bits per heavy atom. The van der Waals surface area contributed by atoms with Crippen LogP contribution in [0.2, 0.25) is 19.9 Å². The van der Waals surface area contributed by atoms with Crippen molar-refractivity contribution in [2.24, 2.45) is 5.92 Å². The van der Waals surface area contributed by atoms with Crippen molar-refractivity contribution >= 4 is 0 Å². The second kappa shape index (κ2) is 5.29. The Bertz CT molecular complexity index is 392. The number of hydrogen-bond acceptors (Lipinski definition) is 0. The molecule has 0 heterocycles. The molecule has 0 N–H and O–H groups in total. The Morgan fingerprint density at radius 3 is 2.33 bits per heavy atom. The van der Waals surface area contributed by atoms with Gasteiger partial charge in [-0.25, -0.2) is 0 Å². The second-order valence-corrected chi connectivity index (χ2v) is 15.7. The van der Waals surface area contributed by atoms with Crippen molar-refractivity contribution in [2.75, 3.05) is 0 Å². The van der Waals surface area contributed by atoms with Gasteiger partial charge in [-0.05, 0) is 0 Å². The molecule has 0 radical (unpaired) electrons. The van der Waals surface area contributed by atoms with Crippen molar-refractivity contribution in [2.45, 2.75) is 72.8 Å². The predicted octanol–water partition coefficient (Wildman–Crippen LogP) is 6.32. The molecule has 0 saturated carbocycles. The summed E-state index contributed by atoms with van der Waals surface area (Å²) in [7, 11) is 0. The molecular weight excluding hydrogens is 252 g/mol. The van der Waals surface area contributed by atoms with Crippen LogP contribution in [-0.4, -0.2) is 0 Å². The van der Waals surface area contributed by atoms with Crippen LogP contribution in [0.25, 0.3) is 0 Å². The van der Waals surface area contributed by atoms with Crippen LogP contribution in [0.3, 0.4) is 0 Å². The van der Waals surface area contributed by atoms with Crippen molar-refractivity contribution in [3.63, 3.8) is 0 Å². The molecule has 0 aromatic rings. The zero-order valence-electron chi connectivity index (χ0n) is 13.2. The van der Waals surface area contributed by atoms with Gasteiger partial charge in [-0.2, -0.15) is 0 Å². The van der Waals surface area contributed by atoms with Crippen LogP contribution in [0.1, 0.15) is 52.9 Å². The first kappa shape index (κ1) is 14.6. The summed E-state index contributed by atoms with van der Waals surface area (Å²) in [6.45, 7) is 7.16. The number of hydrogen-bond donors (Lipinski definition) is 0. The van der Waals surface area contributed by atoms with Gasteiger partial charge >= 0.3 is 118 Å². The van der Waals surface area contributed by atoms with E-state index in [1.54, 1.807) is 11.1 Å². The van der Waals surface area contributed by atoms with Crippen LogP contribution in [0.4, 0.5) is 0 Å². The summed E-state index contributed by atoms with van der Waals surface area (Å²) in [5.74, 6) is 0.817. The van der Waals surface area contributed by atoms with Gasteiger partial charge in [0.15, 0.2) is 0 Å². The third kappa shape index (κ3) is 2.31. The van der Waals surface area contributed by atoms with E-state index < -0.39 is 16.6 Å². The molecule has 0 fully saturated rings. The van der Waals surface area contributed by atoms with Crippen molar-refractivity contribution in [1.29, 1.82) is 0 Å². The molecule has 2 atom stereocenters. The molecule has 0 aliphatic heterocycles. The first-order valence-corrected chi connectivity index (χ1v) is 13.4. The van der Waals surface area contributed by atoms with E-state index in [4.69, 9.17) is 0 Å². The van der Waals surface area contributed by atoms with Crippen LogP contribution >= 0.6 is 0 Å².